The van der Waals surface area contributed by atoms with Crippen LogP contribution in [0.3, 0.4) is 0 Å². The maximum absolute atomic E-state index is 13.0. The normalized spacial score (nSPS) is 12.4. The summed E-state index contributed by atoms with van der Waals surface area (Å²) < 4.78 is 52.0. The van der Waals surface area contributed by atoms with Gasteiger partial charge in [0.2, 0.25) is 15.9 Å². The highest BCUT2D eigenvalue weighted by Crippen LogP contribution is 2.17. The number of hydrogen-bond donors (Lipinski definition) is 2. The summed E-state index contributed by atoms with van der Waals surface area (Å²) in [5, 5.41) is 2.14. The van der Waals surface area contributed by atoms with Crippen LogP contribution in [0.15, 0.2) is 29.2 Å². The zero-order chi connectivity index (χ0) is 19.1. The summed E-state index contributed by atoms with van der Waals surface area (Å²) in [7, 11) is -3.52. The molecule has 1 aromatic carbocycles. The Balaban J connectivity index is 2.62. The summed E-state index contributed by atoms with van der Waals surface area (Å²) in [6.45, 7) is 2.69. The molecule has 3 N–H and O–H groups in total. The Morgan fingerprint density at radius 1 is 1.20 bits per heavy atom. The maximum atomic E-state index is 13.0. The van der Waals surface area contributed by atoms with E-state index < -0.39 is 34.9 Å². The van der Waals surface area contributed by atoms with Crippen molar-refractivity contribution < 1.29 is 22.0 Å². The molecule has 0 aliphatic heterocycles. The van der Waals surface area contributed by atoms with Crippen molar-refractivity contribution in [2.75, 3.05) is 26.2 Å². The van der Waals surface area contributed by atoms with Crippen molar-refractivity contribution in [1.29, 1.82) is 0 Å². The molecule has 25 heavy (non-hydrogen) atoms. The zero-order valence-electron chi connectivity index (χ0n) is 14.5. The molecule has 0 radical (unpaired) electrons. The summed E-state index contributed by atoms with van der Waals surface area (Å²) >= 11 is 0. The molecule has 0 spiro atoms. The Morgan fingerprint density at radius 3 is 2.24 bits per heavy atom. The molecule has 142 valence electrons. The first-order valence-corrected chi connectivity index (χ1v) is 9.54. The minimum atomic E-state index is -3.52. The number of amides is 1. The molecule has 0 saturated heterocycles. The minimum absolute atomic E-state index is 0.0305. The largest absolute Gasteiger partial charge is 0.350 e. The topological polar surface area (TPSA) is 92.5 Å². The number of carbonyl (C=O) groups excluding carboxylic acids is 1. The number of aryl methyl sites for hydroxylation is 1. The Labute approximate surface area is 147 Å². The third kappa shape index (κ3) is 6.33. The number of hydrogen-bond acceptors (Lipinski definition) is 4. The second kappa shape index (κ2) is 9.21. The number of alkyl halides is 2. The van der Waals surface area contributed by atoms with Crippen LogP contribution in [0.1, 0.15) is 25.8 Å². The lowest BCUT2D eigenvalue weighted by Gasteiger charge is -2.18. The van der Waals surface area contributed by atoms with Gasteiger partial charge >= 0.3 is 0 Å². The zero-order valence-corrected chi connectivity index (χ0v) is 15.3. The fraction of sp³-hybridized carbons (Fsp3) is 0.562. The average Bonchev–Trinajstić information content (AvgIpc) is 2.59. The van der Waals surface area contributed by atoms with Crippen LogP contribution in [0.25, 0.3) is 0 Å². The molecule has 0 bridgehead atoms. The summed E-state index contributed by atoms with van der Waals surface area (Å²) in [4.78, 5) is 11.8. The summed E-state index contributed by atoms with van der Waals surface area (Å²) in [6.07, 6.45) is 0.356. The van der Waals surface area contributed by atoms with Gasteiger partial charge in [-0.05, 0) is 24.1 Å². The Bertz CT molecular complexity index is 660. The lowest BCUT2D eigenvalue weighted by Crippen LogP contribution is -2.41. The fourth-order valence-corrected chi connectivity index (χ4v) is 3.65. The Kier molecular flexibility index (Phi) is 7.91. The fourth-order valence-electron chi connectivity index (χ4n) is 2.19. The van der Waals surface area contributed by atoms with E-state index in [0.29, 0.717) is 19.5 Å². The number of rotatable bonds is 10. The van der Waals surface area contributed by atoms with Gasteiger partial charge in [-0.15, -0.1) is 0 Å². The van der Waals surface area contributed by atoms with Crippen molar-refractivity contribution in [3.63, 3.8) is 0 Å². The van der Waals surface area contributed by atoms with E-state index in [1.165, 1.54) is 16.4 Å². The van der Waals surface area contributed by atoms with Crippen LogP contribution in [-0.4, -0.2) is 50.7 Å². The molecule has 9 heteroatoms. The number of carbonyl (C=O) groups is 1. The summed E-state index contributed by atoms with van der Waals surface area (Å²) in [6, 6.07) is 6.23. The van der Waals surface area contributed by atoms with Gasteiger partial charge in [0.05, 0.1) is 18.0 Å². The van der Waals surface area contributed by atoms with Gasteiger partial charge in [0, 0.05) is 19.5 Å². The molecule has 0 atom stereocenters. The highest BCUT2D eigenvalue weighted by Gasteiger charge is 2.27. The molecule has 0 fully saturated rings. The third-order valence-corrected chi connectivity index (χ3v) is 5.81. The van der Waals surface area contributed by atoms with Gasteiger partial charge < -0.3 is 11.1 Å². The summed E-state index contributed by atoms with van der Waals surface area (Å²) in [5.41, 5.74) is 5.64. The first kappa shape index (κ1) is 21.5. The van der Waals surface area contributed by atoms with E-state index in [1.807, 2.05) is 0 Å². The van der Waals surface area contributed by atoms with Crippen LogP contribution >= 0.6 is 0 Å². The molecule has 0 aromatic heterocycles. The standard InChI is InChI=1S/C16H25F2N3O3S/c1-3-21(4-2)25(23,24)14-8-5-13(6-9-14)7-10-15(22)20-12-16(17,18)11-19/h5-6,8-9H,3-4,7,10-12,19H2,1-2H3,(H,20,22). The third-order valence-electron chi connectivity index (χ3n) is 3.75. The molecule has 0 saturated carbocycles. The second-order valence-electron chi connectivity index (χ2n) is 5.57. The maximum Gasteiger partial charge on any atom is 0.277 e. The number of nitrogens with one attached hydrogen (secondary N) is 1. The van der Waals surface area contributed by atoms with Gasteiger partial charge in [0.15, 0.2) is 0 Å². The van der Waals surface area contributed by atoms with Gasteiger partial charge in [0.25, 0.3) is 5.92 Å². The molecule has 1 aromatic rings. The van der Waals surface area contributed by atoms with Crippen molar-refractivity contribution >= 4 is 15.9 Å². The predicted octanol–water partition coefficient (Wildman–Crippen LogP) is 1.36. The number of halogens is 2. The van der Waals surface area contributed by atoms with E-state index in [1.54, 1.807) is 26.0 Å². The average molecular weight is 377 g/mol. The minimum Gasteiger partial charge on any atom is -0.350 e. The predicted molar refractivity (Wildman–Crippen MR) is 91.9 cm³/mol. The monoisotopic (exact) mass is 377 g/mol. The van der Waals surface area contributed by atoms with Gasteiger partial charge in [-0.1, -0.05) is 26.0 Å². The molecule has 1 rings (SSSR count). The van der Waals surface area contributed by atoms with Gasteiger partial charge in [0.1, 0.15) is 0 Å². The van der Waals surface area contributed by atoms with E-state index in [4.69, 9.17) is 5.73 Å². The quantitative estimate of drug-likeness (QED) is 0.644. The van der Waals surface area contributed by atoms with Crippen LogP contribution in [0.2, 0.25) is 0 Å². The van der Waals surface area contributed by atoms with E-state index in [-0.39, 0.29) is 11.3 Å². The molecule has 0 unspecified atom stereocenters. The number of nitrogens with two attached hydrogens (primary N) is 1. The highest BCUT2D eigenvalue weighted by atomic mass is 32.2. The summed E-state index contributed by atoms with van der Waals surface area (Å²) in [5.74, 6) is -3.62. The van der Waals surface area contributed by atoms with Gasteiger partial charge in [-0.3, -0.25) is 4.79 Å². The lowest BCUT2D eigenvalue weighted by atomic mass is 10.1. The highest BCUT2D eigenvalue weighted by molar-refractivity contribution is 7.89. The van der Waals surface area contributed by atoms with Crippen LogP contribution < -0.4 is 11.1 Å². The Hall–Kier alpha value is -1.58. The Morgan fingerprint density at radius 2 is 1.76 bits per heavy atom. The van der Waals surface area contributed by atoms with Crippen LogP contribution in [0.4, 0.5) is 8.78 Å². The van der Waals surface area contributed by atoms with Crippen LogP contribution in [0, 0.1) is 0 Å². The molecular formula is C16H25F2N3O3S. The number of nitrogens with zero attached hydrogens (tertiary/aromatic N) is 1. The van der Waals surface area contributed by atoms with Crippen LogP contribution in [-0.2, 0) is 21.2 Å². The van der Waals surface area contributed by atoms with Crippen molar-refractivity contribution in [3.05, 3.63) is 29.8 Å². The first-order chi connectivity index (χ1) is 11.7. The molecule has 0 heterocycles. The van der Waals surface area contributed by atoms with Crippen molar-refractivity contribution in [3.8, 4) is 0 Å². The van der Waals surface area contributed by atoms with E-state index in [0.717, 1.165) is 5.56 Å². The molecule has 0 aliphatic carbocycles. The molecule has 1 amide bonds. The van der Waals surface area contributed by atoms with Crippen molar-refractivity contribution in [2.45, 2.75) is 37.5 Å². The van der Waals surface area contributed by atoms with Gasteiger partial charge in [-0.25, -0.2) is 17.2 Å². The van der Waals surface area contributed by atoms with E-state index in [2.05, 4.69) is 5.32 Å². The van der Waals surface area contributed by atoms with Crippen molar-refractivity contribution in [2.24, 2.45) is 5.73 Å². The SMILES string of the molecule is CCN(CC)S(=O)(=O)c1ccc(CCC(=O)NCC(F)(F)CN)cc1. The smallest absolute Gasteiger partial charge is 0.277 e. The molecule has 0 aliphatic rings. The van der Waals surface area contributed by atoms with Crippen LogP contribution in [0.5, 0.6) is 0 Å². The second-order valence-corrected chi connectivity index (χ2v) is 7.51. The molecule has 6 nitrogen and oxygen atoms in total. The number of benzene rings is 1. The van der Waals surface area contributed by atoms with E-state index >= 15 is 0 Å². The van der Waals surface area contributed by atoms with Crippen molar-refractivity contribution in [1.82, 2.24) is 9.62 Å². The number of sulfonamides is 1. The molecular weight excluding hydrogens is 352 g/mol. The first-order valence-electron chi connectivity index (χ1n) is 8.10. The van der Waals surface area contributed by atoms with E-state index in [9.17, 15) is 22.0 Å². The van der Waals surface area contributed by atoms with Gasteiger partial charge in [-0.2, -0.15) is 4.31 Å². The lowest BCUT2D eigenvalue weighted by molar-refractivity contribution is -0.122.